The molecule has 1 aromatic rings. The quantitative estimate of drug-likeness (QED) is 0.270. The minimum atomic E-state index is -0.560. The maximum Gasteiger partial charge on any atom is 0.278 e. The standard InChI is InChI=1S/C9H6Cl2N4O2/c10-7-4-6(2-1-3-13-14-12)9(15(16)17)5-8(7)11/h1-2,4-5H,3H2. The molecule has 0 aromatic heterocycles. The third-order valence-electron chi connectivity index (χ3n) is 1.81. The third-order valence-corrected chi connectivity index (χ3v) is 2.54. The smallest absolute Gasteiger partial charge is 0.258 e. The predicted molar refractivity (Wildman–Crippen MR) is 66.2 cm³/mol. The van der Waals surface area contributed by atoms with E-state index < -0.39 is 4.92 Å². The van der Waals surface area contributed by atoms with E-state index >= 15 is 0 Å². The first-order chi connectivity index (χ1) is 8.06. The molecular weight excluding hydrogens is 267 g/mol. The summed E-state index contributed by atoms with van der Waals surface area (Å²) in [5.74, 6) is 0. The molecule has 0 aliphatic carbocycles. The highest BCUT2D eigenvalue weighted by Crippen LogP contribution is 2.31. The molecule has 88 valence electrons. The van der Waals surface area contributed by atoms with E-state index in [1.54, 1.807) is 0 Å². The number of benzene rings is 1. The van der Waals surface area contributed by atoms with Crippen molar-refractivity contribution in [3.63, 3.8) is 0 Å². The second kappa shape index (κ2) is 6.10. The number of azide groups is 1. The normalized spacial score (nSPS) is 10.2. The Balaban J connectivity index is 3.12. The van der Waals surface area contributed by atoms with Crippen molar-refractivity contribution in [2.75, 3.05) is 6.54 Å². The summed E-state index contributed by atoms with van der Waals surface area (Å²) in [6.07, 6.45) is 2.95. The molecule has 1 rings (SSSR count). The fourth-order valence-corrected chi connectivity index (χ4v) is 1.44. The van der Waals surface area contributed by atoms with Crippen LogP contribution < -0.4 is 0 Å². The number of hydrogen-bond donors (Lipinski definition) is 0. The summed E-state index contributed by atoms with van der Waals surface area (Å²) >= 11 is 11.4. The summed E-state index contributed by atoms with van der Waals surface area (Å²) in [5, 5.41) is 14.4. The molecule has 0 saturated carbocycles. The van der Waals surface area contributed by atoms with Crippen LogP contribution in [0.2, 0.25) is 10.0 Å². The van der Waals surface area contributed by atoms with E-state index in [-0.39, 0.29) is 22.3 Å². The zero-order chi connectivity index (χ0) is 12.8. The Morgan fingerprint density at radius 2 is 2.12 bits per heavy atom. The van der Waals surface area contributed by atoms with Gasteiger partial charge in [0, 0.05) is 17.5 Å². The average Bonchev–Trinajstić information content (AvgIpc) is 2.28. The summed E-state index contributed by atoms with van der Waals surface area (Å²) in [6, 6.07) is 2.56. The molecule has 6 nitrogen and oxygen atoms in total. The van der Waals surface area contributed by atoms with Crippen LogP contribution in [0, 0.1) is 10.1 Å². The molecule has 0 saturated heterocycles. The van der Waals surface area contributed by atoms with Gasteiger partial charge in [0.05, 0.1) is 20.5 Å². The molecule has 0 amide bonds. The first-order valence-electron chi connectivity index (χ1n) is 4.37. The monoisotopic (exact) mass is 272 g/mol. The van der Waals surface area contributed by atoms with Crippen LogP contribution in [0.1, 0.15) is 5.56 Å². The van der Waals surface area contributed by atoms with Gasteiger partial charge in [0.2, 0.25) is 0 Å². The molecule has 0 aliphatic heterocycles. The van der Waals surface area contributed by atoms with Gasteiger partial charge in [-0.25, -0.2) is 0 Å². The van der Waals surface area contributed by atoms with Gasteiger partial charge >= 0.3 is 0 Å². The Kier molecular flexibility index (Phi) is 4.78. The van der Waals surface area contributed by atoms with Gasteiger partial charge in [-0.05, 0) is 11.6 Å². The number of hydrogen-bond acceptors (Lipinski definition) is 3. The fourth-order valence-electron chi connectivity index (χ4n) is 1.11. The number of nitrogens with zero attached hydrogens (tertiary/aromatic N) is 4. The Bertz CT molecular complexity index is 524. The average molecular weight is 273 g/mol. The maximum absolute atomic E-state index is 10.8. The van der Waals surface area contributed by atoms with E-state index in [2.05, 4.69) is 10.0 Å². The van der Waals surface area contributed by atoms with Crippen LogP contribution in [0.15, 0.2) is 23.3 Å². The zero-order valence-electron chi connectivity index (χ0n) is 8.38. The van der Waals surface area contributed by atoms with Gasteiger partial charge in [0.25, 0.3) is 5.69 Å². The fraction of sp³-hybridized carbons (Fsp3) is 0.111. The van der Waals surface area contributed by atoms with Crippen molar-refractivity contribution in [3.8, 4) is 0 Å². The second-order valence-corrected chi connectivity index (χ2v) is 3.71. The van der Waals surface area contributed by atoms with Gasteiger partial charge in [0.1, 0.15) is 0 Å². The summed E-state index contributed by atoms with van der Waals surface area (Å²) in [6.45, 7) is 0.105. The molecular formula is C9H6Cl2N4O2. The highest BCUT2D eigenvalue weighted by molar-refractivity contribution is 6.42. The first-order valence-corrected chi connectivity index (χ1v) is 5.12. The summed E-state index contributed by atoms with van der Waals surface area (Å²) < 4.78 is 0. The van der Waals surface area contributed by atoms with Gasteiger partial charge in [-0.3, -0.25) is 10.1 Å². The van der Waals surface area contributed by atoms with Crippen LogP contribution >= 0.6 is 23.2 Å². The molecule has 0 bridgehead atoms. The minimum absolute atomic E-state index is 0.105. The van der Waals surface area contributed by atoms with Crippen molar-refractivity contribution in [3.05, 3.63) is 54.4 Å². The van der Waals surface area contributed by atoms with E-state index in [4.69, 9.17) is 28.7 Å². The Labute approximate surface area is 106 Å². The van der Waals surface area contributed by atoms with Crippen molar-refractivity contribution < 1.29 is 4.92 Å². The molecule has 8 heteroatoms. The Morgan fingerprint density at radius 1 is 1.47 bits per heavy atom. The molecule has 0 aliphatic rings. The molecule has 0 atom stereocenters. The molecule has 0 radical (unpaired) electrons. The van der Waals surface area contributed by atoms with Crippen molar-refractivity contribution >= 4 is 35.0 Å². The molecule has 0 N–H and O–H groups in total. The van der Waals surface area contributed by atoms with Crippen molar-refractivity contribution in [2.24, 2.45) is 5.11 Å². The van der Waals surface area contributed by atoms with E-state index in [0.717, 1.165) is 0 Å². The van der Waals surface area contributed by atoms with Crippen molar-refractivity contribution in [1.29, 1.82) is 0 Å². The van der Waals surface area contributed by atoms with Crippen LogP contribution in [0.25, 0.3) is 16.5 Å². The van der Waals surface area contributed by atoms with E-state index in [9.17, 15) is 10.1 Å². The van der Waals surface area contributed by atoms with Crippen molar-refractivity contribution in [2.45, 2.75) is 0 Å². The maximum atomic E-state index is 10.8. The summed E-state index contributed by atoms with van der Waals surface area (Å²) in [5.41, 5.74) is 8.21. The summed E-state index contributed by atoms with van der Waals surface area (Å²) in [4.78, 5) is 12.8. The van der Waals surface area contributed by atoms with Crippen molar-refractivity contribution in [1.82, 2.24) is 0 Å². The lowest BCUT2D eigenvalue weighted by Crippen LogP contribution is -1.92. The van der Waals surface area contributed by atoms with E-state index in [1.807, 2.05) is 0 Å². The molecule has 17 heavy (non-hydrogen) atoms. The molecule has 0 fully saturated rings. The SMILES string of the molecule is [N-]=[N+]=NCC=Cc1cc(Cl)c(Cl)cc1[N+](=O)[O-]. The molecule has 1 aromatic carbocycles. The number of rotatable bonds is 4. The van der Waals surface area contributed by atoms with Gasteiger partial charge in [0.15, 0.2) is 0 Å². The zero-order valence-corrected chi connectivity index (χ0v) is 9.89. The second-order valence-electron chi connectivity index (χ2n) is 2.90. The van der Waals surface area contributed by atoms with Crippen LogP contribution in [-0.2, 0) is 0 Å². The molecule has 0 heterocycles. The van der Waals surface area contributed by atoms with Gasteiger partial charge < -0.3 is 0 Å². The highest BCUT2D eigenvalue weighted by atomic mass is 35.5. The van der Waals surface area contributed by atoms with Gasteiger partial charge in [-0.1, -0.05) is 40.5 Å². The number of halogens is 2. The Hall–Kier alpha value is -1.75. The molecule has 0 spiro atoms. The number of nitro groups is 1. The summed E-state index contributed by atoms with van der Waals surface area (Å²) in [7, 11) is 0. The van der Waals surface area contributed by atoms with Crippen LogP contribution in [0.4, 0.5) is 5.69 Å². The predicted octanol–water partition coefficient (Wildman–Crippen LogP) is 4.23. The lowest BCUT2D eigenvalue weighted by Gasteiger charge is -2.00. The van der Waals surface area contributed by atoms with Gasteiger partial charge in [-0.15, -0.1) is 0 Å². The highest BCUT2D eigenvalue weighted by Gasteiger charge is 2.14. The topological polar surface area (TPSA) is 91.9 Å². The first kappa shape index (κ1) is 13.3. The lowest BCUT2D eigenvalue weighted by molar-refractivity contribution is -0.385. The lowest BCUT2D eigenvalue weighted by atomic mass is 10.1. The van der Waals surface area contributed by atoms with Crippen LogP contribution in [-0.4, -0.2) is 11.5 Å². The van der Waals surface area contributed by atoms with Crippen LogP contribution in [0.5, 0.6) is 0 Å². The van der Waals surface area contributed by atoms with Crippen LogP contribution in [0.3, 0.4) is 0 Å². The molecule has 0 unspecified atom stereocenters. The van der Waals surface area contributed by atoms with E-state index in [0.29, 0.717) is 5.56 Å². The minimum Gasteiger partial charge on any atom is -0.258 e. The largest absolute Gasteiger partial charge is 0.278 e. The van der Waals surface area contributed by atoms with E-state index in [1.165, 1.54) is 24.3 Å². The third kappa shape index (κ3) is 3.64. The van der Waals surface area contributed by atoms with Gasteiger partial charge in [-0.2, -0.15) is 0 Å². The number of nitro benzene ring substituents is 1. The Morgan fingerprint density at radius 3 is 2.71 bits per heavy atom.